The normalized spacial score (nSPS) is 17.4. The lowest BCUT2D eigenvalue weighted by Crippen LogP contribution is -2.44. The highest BCUT2D eigenvalue weighted by Gasteiger charge is 2.30. The van der Waals surface area contributed by atoms with E-state index in [0.29, 0.717) is 31.2 Å². The van der Waals surface area contributed by atoms with Gasteiger partial charge < -0.3 is 14.7 Å². The predicted octanol–water partition coefficient (Wildman–Crippen LogP) is 2.12. The molecule has 1 N–H and O–H groups in total. The van der Waals surface area contributed by atoms with Crippen molar-refractivity contribution in [2.24, 2.45) is 0 Å². The third-order valence-corrected chi connectivity index (χ3v) is 4.14. The number of rotatable bonds is 3. The van der Waals surface area contributed by atoms with E-state index in [1.165, 1.54) is 23.1 Å². The second-order valence-corrected chi connectivity index (χ2v) is 5.95. The Kier molecular flexibility index (Phi) is 5.06. The summed E-state index contributed by atoms with van der Waals surface area (Å²) in [6, 6.07) is 5.42. The van der Waals surface area contributed by atoms with E-state index in [-0.39, 0.29) is 11.6 Å². The zero-order valence-electron chi connectivity index (χ0n) is 13.9. The second kappa shape index (κ2) is 7.42. The molecule has 1 aromatic heterocycles. The summed E-state index contributed by atoms with van der Waals surface area (Å²) in [5.74, 6) is -0.834. The fraction of sp³-hybridized carbons (Fsp3) is 0.412. The number of carbonyl (C=O) groups excluding carboxylic acids is 2. The Labute approximate surface area is 144 Å². The maximum absolute atomic E-state index is 13.2. The number of benzene rings is 1. The van der Waals surface area contributed by atoms with E-state index in [0.717, 1.165) is 18.9 Å². The molecule has 0 saturated carbocycles. The first-order valence-electron chi connectivity index (χ1n) is 8.25. The fourth-order valence-corrected chi connectivity index (χ4v) is 2.84. The number of hydrogen-bond donors (Lipinski definition) is 1. The average Bonchev–Trinajstić information content (AvgIpc) is 3.10. The van der Waals surface area contributed by atoms with Gasteiger partial charge in [0.25, 0.3) is 0 Å². The smallest absolute Gasteiger partial charge is 0.313 e. The van der Waals surface area contributed by atoms with E-state index in [1.807, 2.05) is 6.92 Å². The predicted molar refractivity (Wildman–Crippen MR) is 87.3 cm³/mol. The third-order valence-electron chi connectivity index (χ3n) is 4.14. The number of nitrogens with zero attached hydrogens (tertiary/aromatic N) is 3. The Balaban J connectivity index is 1.64. The number of carbonyl (C=O) groups is 2. The fourth-order valence-electron chi connectivity index (χ4n) is 2.84. The van der Waals surface area contributed by atoms with Gasteiger partial charge in [-0.15, -0.1) is 0 Å². The molecular formula is C17H19FN4O3. The van der Waals surface area contributed by atoms with Crippen molar-refractivity contribution in [3.05, 3.63) is 41.8 Å². The molecule has 1 aliphatic rings. The van der Waals surface area contributed by atoms with Gasteiger partial charge in [0.15, 0.2) is 5.82 Å². The van der Waals surface area contributed by atoms with Crippen LogP contribution in [0.15, 0.2) is 28.8 Å². The number of piperidine rings is 1. The molecule has 7 nitrogen and oxygen atoms in total. The quantitative estimate of drug-likeness (QED) is 0.860. The third kappa shape index (κ3) is 4.01. The Morgan fingerprint density at radius 3 is 3.00 bits per heavy atom. The van der Waals surface area contributed by atoms with Crippen LogP contribution in [-0.4, -0.2) is 39.9 Å². The highest BCUT2D eigenvalue weighted by atomic mass is 19.1. The molecule has 8 heteroatoms. The summed E-state index contributed by atoms with van der Waals surface area (Å²) in [7, 11) is 0. The van der Waals surface area contributed by atoms with Gasteiger partial charge in [-0.25, -0.2) is 4.39 Å². The monoisotopic (exact) mass is 346 g/mol. The molecule has 0 spiro atoms. The number of anilines is 1. The van der Waals surface area contributed by atoms with Gasteiger partial charge in [-0.3, -0.25) is 9.59 Å². The van der Waals surface area contributed by atoms with Crippen LogP contribution in [0, 0.1) is 5.82 Å². The highest BCUT2D eigenvalue weighted by Crippen LogP contribution is 2.25. The summed E-state index contributed by atoms with van der Waals surface area (Å²) in [5, 5.41) is 6.39. The van der Waals surface area contributed by atoms with Gasteiger partial charge in [-0.1, -0.05) is 18.1 Å². The summed E-state index contributed by atoms with van der Waals surface area (Å²) in [5.41, 5.74) is 0.248. The largest absolute Gasteiger partial charge is 0.339 e. The van der Waals surface area contributed by atoms with Crippen molar-refractivity contribution in [3.63, 3.8) is 0 Å². The summed E-state index contributed by atoms with van der Waals surface area (Å²) < 4.78 is 18.3. The lowest BCUT2D eigenvalue weighted by atomic mass is 9.97. The number of aromatic nitrogens is 2. The van der Waals surface area contributed by atoms with Crippen molar-refractivity contribution in [2.75, 3.05) is 18.4 Å². The van der Waals surface area contributed by atoms with Crippen LogP contribution in [0.1, 0.15) is 37.4 Å². The molecule has 1 aliphatic heterocycles. The molecule has 132 valence electrons. The first kappa shape index (κ1) is 17.1. The summed E-state index contributed by atoms with van der Waals surface area (Å²) in [6.45, 7) is 2.77. The lowest BCUT2D eigenvalue weighted by Gasteiger charge is -2.30. The van der Waals surface area contributed by atoms with E-state index in [9.17, 15) is 14.0 Å². The molecule has 2 amide bonds. The van der Waals surface area contributed by atoms with Crippen molar-refractivity contribution in [1.82, 2.24) is 15.0 Å². The highest BCUT2D eigenvalue weighted by molar-refractivity contribution is 6.39. The molecule has 2 heterocycles. The van der Waals surface area contributed by atoms with Crippen molar-refractivity contribution in [2.45, 2.75) is 32.1 Å². The first-order chi connectivity index (χ1) is 12.1. The molecule has 1 fully saturated rings. The van der Waals surface area contributed by atoms with Gasteiger partial charge in [0.2, 0.25) is 5.89 Å². The summed E-state index contributed by atoms with van der Waals surface area (Å²) in [6.07, 6.45) is 2.23. The van der Waals surface area contributed by atoms with Gasteiger partial charge in [0.05, 0.1) is 0 Å². The van der Waals surface area contributed by atoms with Crippen molar-refractivity contribution in [3.8, 4) is 0 Å². The Morgan fingerprint density at radius 2 is 2.28 bits per heavy atom. The van der Waals surface area contributed by atoms with Crippen LogP contribution < -0.4 is 5.32 Å². The molecule has 1 atom stereocenters. The Bertz CT molecular complexity index is 777. The molecule has 0 bridgehead atoms. The number of aryl methyl sites for hydroxylation is 1. The topological polar surface area (TPSA) is 88.3 Å². The van der Waals surface area contributed by atoms with Crippen LogP contribution in [-0.2, 0) is 16.0 Å². The number of likely N-dealkylation sites (tertiary alicyclic amines) is 1. The first-order valence-corrected chi connectivity index (χ1v) is 8.25. The van der Waals surface area contributed by atoms with Crippen LogP contribution in [0.4, 0.5) is 10.1 Å². The van der Waals surface area contributed by atoms with Crippen LogP contribution in [0.25, 0.3) is 0 Å². The zero-order valence-corrected chi connectivity index (χ0v) is 13.9. The molecule has 25 heavy (non-hydrogen) atoms. The molecule has 0 radical (unpaired) electrons. The van der Waals surface area contributed by atoms with Crippen LogP contribution in [0.5, 0.6) is 0 Å². The van der Waals surface area contributed by atoms with Gasteiger partial charge in [-0.2, -0.15) is 4.98 Å². The van der Waals surface area contributed by atoms with Crippen LogP contribution in [0.2, 0.25) is 0 Å². The number of halogens is 1. The van der Waals surface area contributed by atoms with Gasteiger partial charge in [-0.05, 0) is 31.0 Å². The van der Waals surface area contributed by atoms with E-state index in [1.54, 1.807) is 0 Å². The molecule has 0 unspecified atom stereocenters. The molecule has 0 aliphatic carbocycles. The maximum atomic E-state index is 13.2. The molecule has 3 rings (SSSR count). The SMILES string of the molecule is CCc1nc([C@H]2CCCN(C(=O)C(=O)Nc3cccc(F)c3)C2)no1. The standard InChI is InChI=1S/C17H19FN4O3/c1-2-14-20-15(21-25-14)11-5-4-8-22(10-11)17(24)16(23)19-13-7-3-6-12(18)9-13/h3,6-7,9,11H,2,4-5,8,10H2,1H3,(H,19,23)/t11-/m0/s1. The minimum absolute atomic E-state index is 0.0521. The van der Waals surface area contributed by atoms with Crippen LogP contribution >= 0.6 is 0 Å². The second-order valence-electron chi connectivity index (χ2n) is 5.95. The molecule has 2 aromatic rings. The van der Waals surface area contributed by atoms with E-state index in [4.69, 9.17) is 4.52 Å². The minimum atomic E-state index is -0.784. The van der Waals surface area contributed by atoms with E-state index >= 15 is 0 Å². The maximum Gasteiger partial charge on any atom is 0.313 e. The lowest BCUT2D eigenvalue weighted by molar-refractivity contribution is -0.144. The van der Waals surface area contributed by atoms with Crippen LogP contribution in [0.3, 0.4) is 0 Å². The number of hydrogen-bond acceptors (Lipinski definition) is 5. The van der Waals surface area contributed by atoms with E-state index < -0.39 is 17.6 Å². The number of nitrogens with one attached hydrogen (secondary N) is 1. The number of amides is 2. The van der Waals surface area contributed by atoms with Crippen molar-refractivity contribution in [1.29, 1.82) is 0 Å². The average molecular weight is 346 g/mol. The van der Waals surface area contributed by atoms with Crippen molar-refractivity contribution < 1.29 is 18.5 Å². The Morgan fingerprint density at radius 1 is 1.44 bits per heavy atom. The van der Waals surface area contributed by atoms with Gasteiger partial charge in [0.1, 0.15) is 5.82 Å². The van der Waals surface area contributed by atoms with Gasteiger partial charge in [0, 0.05) is 31.1 Å². The molecule has 1 saturated heterocycles. The van der Waals surface area contributed by atoms with E-state index in [2.05, 4.69) is 15.5 Å². The molecular weight excluding hydrogens is 327 g/mol. The zero-order chi connectivity index (χ0) is 17.8. The van der Waals surface area contributed by atoms with Crippen molar-refractivity contribution >= 4 is 17.5 Å². The summed E-state index contributed by atoms with van der Waals surface area (Å²) in [4.78, 5) is 30.3. The molecule has 1 aromatic carbocycles. The minimum Gasteiger partial charge on any atom is -0.339 e. The van der Waals surface area contributed by atoms with Gasteiger partial charge >= 0.3 is 11.8 Å². The Hall–Kier alpha value is -2.77. The summed E-state index contributed by atoms with van der Waals surface area (Å²) >= 11 is 0.